The standard InChI is InChI=1S/C15H18FN3/c1-15(2,12-4-6-13(16)7-5-12)14-18-9-11(8-17-3)10-19-14/h4-7,9-10,17H,8H2,1-3H3. The van der Waals surface area contributed by atoms with E-state index in [2.05, 4.69) is 15.3 Å². The monoisotopic (exact) mass is 259 g/mol. The molecule has 0 aliphatic rings. The van der Waals surface area contributed by atoms with Crippen molar-refractivity contribution in [2.45, 2.75) is 25.8 Å². The molecule has 100 valence electrons. The summed E-state index contributed by atoms with van der Waals surface area (Å²) >= 11 is 0. The first-order valence-corrected chi connectivity index (χ1v) is 6.26. The second-order valence-corrected chi connectivity index (χ2v) is 5.08. The van der Waals surface area contributed by atoms with E-state index in [1.165, 1.54) is 12.1 Å². The summed E-state index contributed by atoms with van der Waals surface area (Å²) < 4.78 is 13.0. The lowest BCUT2D eigenvalue weighted by Gasteiger charge is -2.23. The molecule has 19 heavy (non-hydrogen) atoms. The molecule has 2 aromatic rings. The molecule has 0 radical (unpaired) electrons. The van der Waals surface area contributed by atoms with Crippen molar-refractivity contribution in [1.82, 2.24) is 15.3 Å². The molecule has 1 aromatic heterocycles. The van der Waals surface area contributed by atoms with Gasteiger partial charge in [-0.1, -0.05) is 12.1 Å². The molecule has 0 amide bonds. The Morgan fingerprint density at radius 3 is 2.21 bits per heavy atom. The zero-order chi connectivity index (χ0) is 13.9. The Bertz CT molecular complexity index is 532. The van der Waals surface area contributed by atoms with Crippen molar-refractivity contribution >= 4 is 0 Å². The number of hydrogen-bond donors (Lipinski definition) is 1. The van der Waals surface area contributed by atoms with Gasteiger partial charge in [0.05, 0.1) is 0 Å². The van der Waals surface area contributed by atoms with Gasteiger partial charge in [0, 0.05) is 29.9 Å². The van der Waals surface area contributed by atoms with Crippen molar-refractivity contribution in [2.75, 3.05) is 7.05 Å². The van der Waals surface area contributed by atoms with Gasteiger partial charge >= 0.3 is 0 Å². The number of nitrogens with zero attached hydrogens (tertiary/aromatic N) is 2. The van der Waals surface area contributed by atoms with Crippen molar-refractivity contribution in [3.8, 4) is 0 Å². The normalized spacial score (nSPS) is 11.6. The van der Waals surface area contributed by atoms with Gasteiger partial charge in [-0.2, -0.15) is 0 Å². The highest BCUT2D eigenvalue weighted by Crippen LogP contribution is 2.28. The van der Waals surface area contributed by atoms with Gasteiger partial charge in [-0.3, -0.25) is 0 Å². The first kappa shape index (κ1) is 13.6. The highest BCUT2D eigenvalue weighted by molar-refractivity contribution is 5.31. The van der Waals surface area contributed by atoms with Gasteiger partial charge in [0.15, 0.2) is 0 Å². The fraction of sp³-hybridized carbons (Fsp3) is 0.333. The van der Waals surface area contributed by atoms with E-state index in [0.29, 0.717) is 0 Å². The topological polar surface area (TPSA) is 37.8 Å². The molecule has 0 unspecified atom stereocenters. The summed E-state index contributed by atoms with van der Waals surface area (Å²) in [5.41, 5.74) is 1.70. The van der Waals surface area contributed by atoms with E-state index in [4.69, 9.17) is 0 Å². The van der Waals surface area contributed by atoms with Crippen molar-refractivity contribution in [3.05, 3.63) is 59.4 Å². The van der Waals surface area contributed by atoms with Gasteiger partial charge < -0.3 is 5.32 Å². The van der Waals surface area contributed by atoms with Gasteiger partial charge in [-0.15, -0.1) is 0 Å². The van der Waals surface area contributed by atoms with Crippen LogP contribution in [-0.2, 0) is 12.0 Å². The van der Waals surface area contributed by atoms with E-state index in [1.54, 1.807) is 12.1 Å². The van der Waals surface area contributed by atoms with Gasteiger partial charge in [0.2, 0.25) is 0 Å². The third-order valence-corrected chi connectivity index (χ3v) is 3.21. The fourth-order valence-electron chi connectivity index (χ4n) is 1.97. The van der Waals surface area contributed by atoms with E-state index in [1.807, 2.05) is 33.3 Å². The second-order valence-electron chi connectivity index (χ2n) is 5.08. The zero-order valence-corrected chi connectivity index (χ0v) is 11.4. The lowest BCUT2D eigenvalue weighted by Crippen LogP contribution is -2.22. The van der Waals surface area contributed by atoms with Crippen molar-refractivity contribution in [1.29, 1.82) is 0 Å². The molecule has 0 saturated carbocycles. The van der Waals surface area contributed by atoms with Gasteiger partial charge in [-0.25, -0.2) is 14.4 Å². The number of aromatic nitrogens is 2. The lowest BCUT2D eigenvalue weighted by molar-refractivity contribution is 0.580. The van der Waals surface area contributed by atoms with Crippen LogP contribution in [0.3, 0.4) is 0 Å². The predicted octanol–water partition coefficient (Wildman–Crippen LogP) is 2.66. The third kappa shape index (κ3) is 2.96. The number of hydrogen-bond acceptors (Lipinski definition) is 3. The Balaban J connectivity index is 2.30. The first-order chi connectivity index (χ1) is 9.04. The molecule has 1 aromatic carbocycles. The smallest absolute Gasteiger partial charge is 0.138 e. The minimum Gasteiger partial charge on any atom is -0.316 e. The molecule has 0 fully saturated rings. The maximum Gasteiger partial charge on any atom is 0.138 e. The van der Waals surface area contributed by atoms with Crippen LogP contribution < -0.4 is 5.32 Å². The number of rotatable bonds is 4. The average molecular weight is 259 g/mol. The SMILES string of the molecule is CNCc1cnc(C(C)(C)c2ccc(F)cc2)nc1. The van der Waals surface area contributed by atoms with Crippen LogP contribution in [0.2, 0.25) is 0 Å². The van der Waals surface area contributed by atoms with E-state index < -0.39 is 0 Å². The van der Waals surface area contributed by atoms with E-state index in [-0.39, 0.29) is 11.2 Å². The molecule has 0 spiro atoms. The largest absolute Gasteiger partial charge is 0.316 e. The molecule has 0 saturated heterocycles. The average Bonchev–Trinajstić information content (AvgIpc) is 2.40. The summed E-state index contributed by atoms with van der Waals surface area (Å²) in [5, 5.41) is 3.06. The molecule has 0 aliphatic heterocycles. The van der Waals surface area contributed by atoms with E-state index >= 15 is 0 Å². The third-order valence-electron chi connectivity index (χ3n) is 3.21. The zero-order valence-electron chi connectivity index (χ0n) is 11.4. The minimum atomic E-state index is -0.341. The molecular weight excluding hydrogens is 241 g/mol. The van der Waals surface area contributed by atoms with Crippen molar-refractivity contribution in [3.63, 3.8) is 0 Å². The van der Waals surface area contributed by atoms with Crippen LogP contribution in [0.15, 0.2) is 36.7 Å². The molecule has 0 bridgehead atoms. The first-order valence-electron chi connectivity index (χ1n) is 6.26. The van der Waals surface area contributed by atoms with Crippen molar-refractivity contribution in [2.24, 2.45) is 0 Å². The van der Waals surface area contributed by atoms with Crippen molar-refractivity contribution < 1.29 is 4.39 Å². The summed E-state index contributed by atoms with van der Waals surface area (Å²) in [6, 6.07) is 6.49. The molecule has 2 rings (SSSR count). The Morgan fingerprint density at radius 2 is 1.68 bits per heavy atom. The van der Waals surface area contributed by atoms with Crippen LogP contribution in [0.5, 0.6) is 0 Å². The predicted molar refractivity (Wildman–Crippen MR) is 73.3 cm³/mol. The molecule has 1 heterocycles. The molecular formula is C15H18FN3. The maximum absolute atomic E-state index is 13.0. The Labute approximate surface area is 112 Å². The van der Waals surface area contributed by atoms with E-state index in [0.717, 1.165) is 23.5 Å². The van der Waals surface area contributed by atoms with Crippen LogP contribution in [0, 0.1) is 5.82 Å². The Kier molecular flexibility index (Phi) is 3.90. The molecule has 4 heteroatoms. The molecule has 0 atom stereocenters. The van der Waals surface area contributed by atoms with Crippen LogP contribution in [0.4, 0.5) is 4.39 Å². The quantitative estimate of drug-likeness (QED) is 0.917. The van der Waals surface area contributed by atoms with Gasteiger partial charge in [-0.05, 0) is 38.6 Å². The minimum absolute atomic E-state index is 0.232. The summed E-state index contributed by atoms with van der Waals surface area (Å²) in [6.07, 6.45) is 3.65. The number of halogens is 1. The molecule has 3 nitrogen and oxygen atoms in total. The van der Waals surface area contributed by atoms with Gasteiger partial charge in [0.1, 0.15) is 11.6 Å². The number of nitrogens with one attached hydrogen (secondary N) is 1. The molecule has 1 N–H and O–H groups in total. The summed E-state index contributed by atoms with van der Waals surface area (Å²) in [6.45, 7) is 4.82. The highest BCUT2D eigenvalue weighted by Gasteiger charge is 2.26. The fourth-order valence-corrected chi connectivity index (χ4v) is 1.97. The van der Waals surface area contributed by atoms with Crippen LogP contribution in [-0.4, -0.2) is 17.0 Å². The Morgan fingerprint density at radius 1 is 1.11 bits per heavy atom. The van der Waals surface area contributed by atoms with Crippen LogP contribution in [0.1, 0.15) is 30.8 Å². The van der Waals surface area contributed by atoms with Gasteiger partial charge in [0.25, 0.3) is 0 Å². The maximum atomic E-state index is 13.0. The molecule has 0 aliphatic carbocycles. The Hall–Kier alpha value is -1.81. The second kappa shape index (κ2) is 5.45. The summed E-state index contributed by atoms with van der Waals surface area (Å²) in [5.74, 6) is 0.504. The van der Waals surface area contributed by atoms with Crippen LogP contribution >= 0.6 is 0 Å². The lowest BCUT2D eigenvalue weighted by atomic mass is 9.84. The summed E-state index contributed by atoms with van der Waals surface area (Å²) in [7, 11) is 1.89. The van der Waals surface area contributed by atoms with E-state index in [9.17, 15) is 4.39 Å². The van der Waals surface area contributed by atoms with Crippen LogP contribution in [0.25, 0.3) is 0 Å². The summed E-state index contributed by atoms with van der Waals surface area (Å²) in [4.78, 5) is 8.85. The highest BCUT2D eigenvalue weighted by atomic mass is 19.1. The number of benzene rings is 1.